The Bertz CT molecular complexity index is 784. The number of nitrogens with zero attached hydrogens (tertiary/aromatic N) is 2. The lowest BCUT2D eigenvalue weighted by Crippen LogP contribution is -2.38. The number of piperidine rings is 1. The van der Waals surface area contributed by atoms with Crippen LogP contribution >= 0.6 is 0 Å². The van der Waals surface area contributed by atoms with Crippen molar-refractivity contribution in [2.45, 2.75) is 38.8 Å². The molecule has 1 aliphatic rings. The summed E-state index contributed by atoms with van der Waals surface area (Å²) in [7, 11) is 3.53. The smallest absolute Gasteiger partial charge is 0.191 e. The minimum absolute atomic E-state index is 0.776. The summed E-state index contributed by atoms with van der Waals surface area (Å²) < 4.78 is 5.43. The number of hydrogen-bond acceptors (Lipinski definition) is 3. The number of para-hydroxylation sites is 1. The van der Waals surface area contributed by atoms with Gasteiger partial charge in [-0.1, -0.05) is 48.9 Å². The van der Waals surface area contributed by atoms with E-state index in [9.17, 15) is 0 Å². The monoisotopic (exact) mass is 394 g/mol. The van der Waals surface area contributed by atoms with Gasteiger partial charge in [0.2, 0.25) is 0 Å². The van der Waals surface area contributed by atoms with Crippen molar-refractivity contribution in [2.24, 2.45) is 4.99 Å². The number of methoxy groups -OCH3 is 1. The molecule has 156 valence electrons. The van der Waals surface area contributed by atoms with E-state index in [4.69, 9.17) is 4.74 Å². The number of hydrogen-bond donors (Lipinski definition) is 2. The van der Waals surface area contributed by atoms with Crippen LogP contribution in [-0.4, -0.2) is 44.7 Å². The molecule has 2 aromatic carbocycles. The summed E-state index contributed by atoms with van der Waals surface area (Å²) in [6, 6.07) is 16.9. The van der Waals surface area contributed by atoms with E-state index in [0.29, 0.717) is 0 Å². The third-order valence-corrected chi connectivity index (χ3v) is 5.51. The lowest BCUT2D eigenvalue weighted by molar-refractivity contribution is 0.220. The van der Waals surface area contributed by atoms with E-state index in [-0.39, 0.29) is 0 Å². The maximum atomic E-state index is 5.43. The molecule has 2 aromatic rings. The summed E-state index contributed by atoms with van der Waals surface area (Å²) in [6.07, 6.45) is 4.90. The molecule has 0 unspecified atom stereocenters. The van der Waals surface area contributed by atoms with Gasteiger partial charge in [0.05, 0.1) is 7.11 Å². The molecule has 0 atom stereocenters. The molecule has 2 N–H and O–H groups in total. The average molecular weight is 395 g/mol. The average Bonchev–Trinajstić information content (AvgIpc) is 2.78. The van der Waals surface area contributed by atoms with Crippen molar-refractivity contribution < 1.29 is 4.74 Å². The molecule has 0 amide bonds. The van der Waals surface area contributed by atoms with Gasteiger partial charge in [-0.25, -0.2) is 0 Å². The van der Waals surface area contributed by atoms with Crippen LogP contribution in [0.4, 0.5) is 0 Å². The highest BCUT2D eigenvalue weighted by atomic mass is 16.5. The largest absolute Gasteiger partial charge is 0.496 e. The van der Waals surface area contributed by atoms with Crippen LogP contribution in [-0.2, 0) is 19.5 Å². The Labute approximate surface area is 175 Å². The molecule has 0 aliphatic carbocycles. The van der Waals surface area contributed by atoms with Gasteiger partial charge < -0.3 is 15.4 Å². The van der Waals surface area contributed by atoms with Crippen LogP contribution in [0.5, 0.6) is 5.75 Å². The van der Waals surface area contributed by atoms with Gasteiger partial charge in [0.1, 0.15) is 5.75 Å². The number of nitrogens with one attached hydrogen (secondary N) is 2. The standard InChI is InChI=1S/C24H34N4O/c1-25-24(26-15-14-20-10-6-7-13-23(20)29-2)27-18-21-11-4-5-12-22(21)19-28-16-8-3-9-17-28/h4-7,10-13H,3,8-9,14-19H2,1-2H3,(H2,25,26,27). The Morgan fingerprint density at radius 1 is 0.931 bits per heavy atom. The number of aliphatic imine (C=N–C) groups is 1. The van der Waals surface area contributed by atoms with Crippen molar-refractivity contribution in [2.75, 3.05) is 33.8 Å². The Balaban J connectivity index is 1.50. The van der Waals surface area contributed by atoms with Gasteiger partial charge in [-0.2, -0.15) is 0 Å². The summed E-state index contributed by atoms with van der Waals surface area (Å²) in [5, 5.41) is 6.88. The van der Waals surface area contributed by atoms with E-state index < -0.39 is 0 Å². The van der Waals surface area contributed by atoms with Gasteiger partial charge in [-0.15, -0.1) is 0 Å². The third kappa shape index (κ3) is 6.50. The number of guanidine groups is 1. The van der Waals surface area contributed by atoms with E-state index in [1.807, 2.05) is 25.2 Å². The summed E-state index contributed by atoms with van der Waals surface area (Å²) in [5.41, 5.74) is 3.95. The molecule has 0 radical (unpaired) electrons. The van der Waals surface area contributed by atoms with Crippen LogP contribution in [0.15, 0.2) is 53.5 Å². The van der Waals surface area contributed by atoms with E-state index in [2.05, 4.69) is 50.9 Å². The number of likely N-dealkylation sites (tertiary alicyclic amines) is 1. The third-order valence-electron chi connectivity index (χ3n) is 5.51. The molecule has 1 aliphatic heterocycles. The first-order valence-corrected chi connectivity index (χ1v) is 10.7. The molecule has 0 saturated carbocycles. The fraction of sp³-hybridized carbons (Fsp3) is 0.458. The summed E-state index contributed by atoms with van der Waals surface area (Å²) in [5.74, 6) is 1.76. The lowest BCUT2D eigenvalue weighted by Gasteiger charge is -2.27. The summed E-state index contributed by atoms with van der Waals surface area (Å²) in [6.45, 7) is 5.05. The second-order valence-corrected chi connectivity index (χ2v) is 7.52. The normalized spacial score (nSPS) is 15.2. The van der Waals surface area contributed by atoms with Crippen LogP contribution in [0.3, 0.4) is 0 Å². The van der Waals surface area contributed by atoms with E-state index in [1.165, 1.54) is 49.0 Å². The summed E-state index contributed by atoms with van der Waals surface area (Å²) >= 11 is 0. The first-order chi connectivity index (χ1) is 14.3. The van der Waals surface area contributed by atoms with E-state index >= 15 is 0 Å². The number of ether oxygens (including phenoxy) is 1. The van der Waals surface area contributed by atoms with Crippen molar-refractivity contribution >= 4 is 5.96 Å². The van der Waals surface area contributed by atoms with Crippen molar-refractivity contribution in [1.82, 2.24) is 15.5 Å². The van der Waals surface area contributed by atoms with Crippen LogP contribution in [0.25, 0.3) is 0 Å². The van der Waals surface area contributed by atoms with Gasteiger partial charge in [-0.05, 0) is 55.1 Å². The second-order valence-electron chi connectivity index (χ2n) is 7.52. The van der Waals surface area contributed by atoms with Crippen LogP contribution in [0.2, 0.25) is 0 Å². The SMILES string of the molecule is CN=C(NCCc1ccccc1OC)NCc1ccccc1CN1CCCCC1. The van der Waals surface area contributed by atoms with Crippen molar-refractivity contribution in [1.29, 1.82) is 0 Å². The summed E-state index contributed by atoms with van der Waals surface area (Å²) in [4.78, 5) is 6.95. The second kappa shape index (κ2) is 11.5. The minimum Gasteiger partial charge on any atom is -0.496 e. The van der Waals surface area contributed by atoms with Gasteiger partial charge in [0.15, 0.2) is 5.96 Å². The Hall–Kier alpha value is -2.53. The fourth-order valence-electron chi connectivity index (χ4n) is 3.87. The molecule has 3 rings (SSSR count). The molecule has 0 spiro atoms. The van der Waals surface area contributed by atoms with Gasteiger partial charge in [0, 0.05) is 26.7 Å². The zero-order chi connectivity index (χ0) is 20.3. The Morgan fingerprint density at radius 2 is 1.62 bits per heavy atom. The molecule has 1 fully saturated rings. The topological polar surface area (TPSA) is 48.9 Å². The van der Waals surface area contributed by atoms with Gasteiger partial charge in [-0.3, -0.25) is 9.89 Å². The van der Waals surface area contributed by atoms with Gasteiger partial charge in [0.25, 0.3) is 0 Å². The predicted octanol–water partition coefficient (Wildman–Crippen LogP) is 3.59. The molecule has 0 bridgehead atoms. The highest BCUT2D eigenvalue weighted by molar-refractivity contribution is 5.79. The fourth-order valence-corrected chi connectivity index (χ4v) is 3.87. The van der Waals surface area contributed by atoms with Crippen LogP contribution < -0.4 is 15.4 Å². The highest BCUT2D eigenvalue weighted by Gasteiger charge is 2.12. The molecular weight excluding hydrogens is 360 g/mol. The highest BCUT2D eigenvalue weighted by Crippen LogP contribution is 2.17. The van der Waals surface area contributed by atoms with Gasteiger partial charge >= 0.3 is 0 Å². The number of rotatable bonds is 8. The van der Waals surface area contributed by atoms with E-state index in [0.717, 1.165) is 37.8 Å². The van der Waals surface area contributed by atoms with E-state index in [1.54, 1.807) is 7.11 Å². The molecule has 5 heteroatoms. The lowest BCUT2D eigenvalue weighted by atomic mass is 10.0. The van der Waals surface area contributed by atoms with Crippen LogP contribution in [0.1, 0.15) is 36.0 Å². The molecule has 29 heavy (non-hydrogen) atoms. The first-order valence-electron chi connectivity index (χ1n) is 10.7. The minimum atomic E-state index is 0.776. The maximum absolute atomic E-state index is 5.43. The number of benzene rings is 2. The van der Waals surface area contributed by atoms with Crippen molar-refractivity contribution in [3.63, 3.8) is 0 Å². The zero-order valence-electron chi connectivity index (χ0n) is 17.8. The Kier molecular flexibility index (Phi) is 8.38. The molecular formula is C24H34N4O. The molecule has 1 heterocycles. The maximum Gasteiger partial charge on any atom is 0.191 e. The molecule has 5 nitrogen and oxygen atoms in total. The predicted molar refractivity (Wildman–Crippen MR) is 120 cm³/mol. The quantitative estimate of drug-likeness (QED) is 0.531. The van der Waals surface area contributed by atoms with Crippen molar-refractivity contribution in [3.05, 3.63) is 65.2 Å². The molecule has 1 saturated heterocycles. The Morgan fingerprint density at radius 3 is 2.34 bits per heavy atom. The van der Waals surface area contributed by atoms with Crippen molar-refractivity contribution in [3.8, 4) is 5.75 Å². The zero-order valence-corrected chi connectivity index (χ0v) is 17.8. The molecule has 0 aromatic heterocycles. The first kappa shape index (κ1) is 21.2. The van der Waals surface area contributed by atoms with Crippen LogP contribution in [0, 0.1) is 0 Å².